The number of aliphatic carboxylic acids is 2. The van der Waals surface area contributed by atoms with Crippen molar-refractivity contribution in [2.24, 2.45) is 40.2 Å². The number of nitrogens with two attached hydrogens (primary N) is 4. The molecule has 1 heterocycles. The highest BCUT2D eigenvalue weighted by Crippen LogP contribution is 2.65. The molecular formula is C48H71BN10O12. The molecule has 16 N–H and O–H groups in total. The quantitative estimate of drug-likeness (QED) is 0.0312. The molecule has 4 fully saturated rings. The van der Waals surface area contributed by atoms with Gasteiger partial charge in [0.25, 0.3) is 11.8 Å². The highest BCUT2D eigenvalue weighted by molar-refractivity contribution is 6.47. The monoisotopic (exact) mass is 991 g/mol. The van der Waals surface area contributed by atoms with Gasteiger partial charge >= 0.3 is 19.1 Å². The third kappa shape index (κ3) is 14.3. The Labute approximate surface area is 413 Å². The van der Waals surface area contributed by atoms with E-state index in [1.54, 1.807) is 24.3 Å². The minimum atomic E-state index is -1.84. The molecule has 2 unspecified atom stereocenters. The second-order valence-electron chi connectivity index (χ2n) is 19.5. The van der Waals surface area contributed by atoms with E-state index in [2.05, 4.69) is 64.8 Å². The van der Waals surface area contributed by atoms with Crippen LogP contribution in [0.1, 0.15) is 108 Å². The summed E-state index contributed by atoms with van der Waals surface area (Å²) in [6.07, 6.45) is 1.79. The molecule has 22 nitrogen and oxygen atoms in total. The Kier molecular flexibility index (Phi) is 19.6. The van der Waals surface area contributed by atoms with Crippen molar-refractivity contribution in [2.45, 2.75) is 146 Å². The van der Waals surface area contributed by atoms with Crippen molar-refractivity contribution < 1.29 is 57.9 Å². The number of benzene rings is 2. The van der Waals surface area contributed by atoms with Gasteiger partial charge in [-0.1, -0.05) is 63.6 Å². The highest BCUT2D eigenvalue weighted by Gasteiger charge is 2.68. The number of carbonyl (C=O) groups excluding carboxylic acids is 6. The summed E-state index contributed by atoms with van der Waals surface area (Å²) in [5.41, 5.74) is 26.9. The van der Waals surface area contributed by atoms with E-state index in [4.69, 9.17) is 37.3 Å². The molecule has 4 aliphatic rings. The first-order valence-electron chi connectivity index (χ1n) is 24.3. The summed E-state index contributed by atoms with van der Waals surface area (Å²) in [6, 6.07) is 7.53. The lowest BCUT2D eigenvalue weighted by molar-refractivity contribution is -0.199. The van der Waals surface area contributed by atoms with Gasteiger partial charge in [-0.2, -0.15) is 0 Å². The smallest absolute Gasteiger partial charge is 0.481 e. The van der Waals surface area contributed by atoms with Crippen LogP contribution in [-0.4, -0.2) is 126 Å². The van der Waals surface area contributed by atoms with Gasteiger partial charge in [0.2, 0.25) is 23.6 Å². The topological polar surface area (TPSA) is 372 Å². The molecule has 3 aliphatic carbocycles. The first-order chi connectivity index (χ1) is 33.6. The molecule has 6 rings (SSSR count). The van der Waals surface area contributed by atoms with Gasteiger partial charge in [-0.25, -0.2) is 4.79 Å². The van der Waals surface area contributed by atoms with Crippen LogP contribution >= 0.6 is 0 Å². The van der Waals surface area contributed by atoms with E-state index in [1.165, 1.54) is 5.56 Å². The summed E-state index contributed by atoms with van der Waals surface area (Å²) < 4.78 is 12.6. The van der Waals surface area contributed by atoms with Crippen molar-refractivity contribution in [3.63, 3.8) is 0 Å². The van der Waals surface area contributed by atoms with E-state index in [1.807, 2.05) is 19.1 Å². The highest BCUT2D eigenvalue weighted by atomic mass is 16.7. The summed E-state index contributed by atoms with van der Waals surface area (Å²) >= 11 is 0. The Morgan fingerprint density at radius 3 is 1.92 bits per heavy atom. The number of hydrogen-bond acceptors (Lipinski definition) is 14. The van der Waals surface area contributed by atoms with Crippen LogP contribution in [0.15, 0.2) is 48.5 Å². The number of rotatable bonds is 27. The van der Waals surface area contributed by atoms with Crippen molar-refractivity contribution in [3.05, 3.63) is 59.7 Å². The standard InChI is InChI=1S/C48H71BN10O12/c1-5-6-9-26-11-13-27(14-12-26)28-15-17-29(18-16-28)40(63)57-34(25-51)43(66)55-32(19-20-37(60)54-33(45(68)69)24-38(61)62)41(64)58-39(52)44(67)56-31(10-7-8-21-50)42(65)59-46(53)49-70-36-23-30-22-35(47(30,2)3)48(36,4)71-49/h11-18,30-36,39,46H,5-10,19-25,50-53H2,1-4H3,(H,54,60)(H,55,66)(H,56,67)(H,57,63)(H,58,64)(H,59,65)(H,61,62)(H,68,69)/t30-,31-,32?,33+,34-,35-,36?,39+,46+,48-/m0/s1. The number of unbranched alkanes of at least 4 members (excludes halogenated alkanes) is 2. The average Bonchev–Trinajstić information content (AvgIpc) is 3.70. The maximum atomic E-state index is 13.8. The number of carbonyl (C=O) groups is 8. The predicted molar refractivity (Wildman–Crippen MR) is 261 cm³/mol. The molecule has 6 amide bonds. The van der Waals surface area contributed by atoms with Crippen LogP contribution in [-0.2, 0) is 49.3 Å². The maximum absolute atomic E-state index is 13.8. The van der Waals surface area contributed by atoms with Crippen molar-refractivity contribution in [1.82, 2.24) is 31.9 Å². The van der Waals surface area contributed by atoms with Gasteiger partial charge in [0.05, 0.1) is 18.1 Å². The molecule has 0 aromatic heterocycles. The first kappa shape index (κ1) is 55.9. The maximum Gasteiger partial charge on any atom is 0.497 e. The van der Waals surface area contributed by atoms with Crippen molar-refractivity contribution in [1.29, 1.82) is 0 Å². The van der Waals surface area contributed by atoms with Crippen molar-refractivity contribution >= 4 is 54.5 Å². The molecule has 0 radical (unpaired) electrons. The molecule has 23 heteroatoms. The molecule has 1 saturated heterocycles. The Morgan fingerprint density at radius 1 is 0.718 bits per heavy atom. The number of aryl methyl sites for hydroxylation is 1. The van der Waals surface area contributed by atoms with Crippen LogP contribution in [0.2, 0.25) is 0 Å². The summed E-state index contributed by atoms with van der Waals surface area (Å²) in [6.45, 7) is 8.42. The fourth-order valence-corrected chi connectivity index (χ4v) is 9.72. The second kappa shape index (κ2) is 24.9. The van der Waals surface area contributed by atoms with Crippen LogP contribution in [0.25, 0.3) is 11.1 Å². The zero-order valence-electron chi connectivity index (χ0n) is 40.9. The van der Waals surface area contributed by atoms with Gasteiger partial charge < -0.3 is 74.4 Å². The van der Waals surface area contributed by atoms with Crippen molar-refractivity contribution in [2.75, 3.05) is 13.1 Å². The average molecular weight is 991 g/mol. The molecule has 1 aliphatic heterocycles. The van der Waals surface area contributed by atoms with E-state index in [0.29, 0.717) is 25.3 Å². The van der Waals surface area contributed by atoms with Gasteiger partial charge in [0, 0.05) is 18.5 Å². The molecular weight excluding hydrogens is 919 g/mol. The van der Waals surface area contributed by atoms with Crippen LogP contribution in [0.4, 0.5) is 0 Å². The van der Waals surface area contributed by atoms with Crippen LogP contribution < -0.4 is 54.8 Å². The van der Waals surface area contributed by atoms with Crippen molar-refractivity contribution in [3.8, 4) is 11.1 Å². The number of carboxylic acids is 2. The summed E-state index contributed by atoms with van der Waals surface area (Å²) in [7, 11) is -0.963. The predicted octanol–water partition coefficient (Wildman–Crippen LogP) is -0.254. The molecule has 2 bridgehead atoms. The molecule has 3 saturated carbocycles. The van der Waals surface area contributed by atoms with Gasteiger partial charge in [-0.05, 0) is 111 Å². The number of nitrogens with one attached hydrogen (secondary N) is 6. The fourth-order valence-electron chi connectivity index (χ4n) is 9.72. The molecule has 388 valence electrons. The normalized spacial score (nSPS) is 22.1. The third-order valence-corrected chi connectivity index (χ3v) is 14.1. The van der Waals surface area contributed by atoms with Crippen LogP contribution in [0.3, 0.4) is 0 Å². The molecule has 2 aromatic carbocycles. The second-order valence-corrected chi connectivity index (χ2v) is 19.5. The third-order valence-electron chi connectivity index (χ3n) is 14.1. The Balaban J connectivity index is 1.23. The summed E-state index contributed by atoms with van der Waals surface area (Å²) in [4.78, 5) is 104. The fraction of sp³-hybridized carbons (Fsp3) is 0.583. The van der Waals surface area contributed by atoms with Crippen LogP contribution in [0.5, 0.6) is 0 Å². The van der Waals surface area contributed by atoms with E-state index in [9.17, 15) is 43.5 Å². The minimum Gasteiger partial charge on any atom is -0.481 e. The molecule has 10 atom stereocenters. The van der Waals surface area contributed by atoms with E-state index in [0.717, 1.165) is 43.2 Å². The summed E-state index contributed by atoms with van der Waals surface area (Å²) in [5.74, 6) is -7.83. The number of hydrogen-bond donors (Lipinski definition) is 12. The molecule has 0 spiro atoms. The van der Waals surface area contributed by atoms with E-state index < -0.39 is 122 Å². The largest absolute Gasteiger partial charge is 0.497 e. The van der Waals surface area contributed by atoms with E-state index in [-0.39, 0.29) is 29.4 Å². The van der Waals surface area contributed by atoms with Gasteiger partial charge in [-0.3, -0.25) is 33.6 Å². The number of carboxylic acid groups (broad SMARTS) is 2. The zero-order valence-corrected chi connectivity index (χ0v) is 40.9. The van der Waals surface area contributed by atoms with E-state index >= 15 is 0 Å². The minimum absolute atomic E-state index is 0.0686. The molecule has 2 aromatic rings. The SMILES string of the molecule is CCCCc1ccc(-c2ccc(C(=O)N[C@@H](CN)C(=O)NC(CCC(=O)N[C@H](CC(=O)O)C(=O)O)C(=O)N[C@@H](N)C(=O)N[C@@H](CCCCN)C(=O)N[C@@H](N)B3OC4C[C@@H]5C[C@@H](C5(C)C)[C@]4(C)O3)cc2)cc1. The Hall–Kier alpha value is -5.98. The van der Waals surface area contributed by atoms with Gasteiger partial charge in [0.1, 0.15) is 30.2 Å². The summed E-state index contributed by atoms with van der Waals surface area (Å²) in [5, 5.41) is 33.0. The Morgan fingerprint density at radius 2 is 1.32 bits per heavy atom. The lowest BCUT2D eigenvalue weighted by atomic mass is 9.43. The van der Waals surface area contributed by atoms with Gasteiger partial charge in [0.15, 0.2) is 6.17 Å². The Bertz CT molecular complexity index is 2240. The molecule has 71 heavy (non-hydrogen) atoms. The lowest BCUT2D eigenvalue weighted by Gasteiger charge is -2.64. The number of amides is 6. The first-order valence-corrected chi connectivity index (χ1v) is 24.3. The lowest BCUT2D eigenvalue weighted by Crippen LogP contribution is -2.65. The van der Waals surface area contributed by atoms with Gasteiger partial charge in [-0.15, -0.1) is 0 Å². The zero-order chi connectivity index (χ0) is 52.2. The van der Waals surface area contributed by atoms with Crippen LogP contribution in [0, 0.1) is 17.3 Å².